The summed E-state index contributed by atoms with van der Waals surface area (Å²) in [5.41, 5.74) is -0.870. The Kier molecular flexibility index (Phi) is 7.88. The molecule has 34 heavy (non-hydrogen) atoms. The SMILES string of the molecule is CCOC(=O)CNC(=O)C(C)Oc1ccc2ccc(Oc3ccc(C(F)(F)F)cc3Cl)cc2c1. The molecule has 0 bridgehead atoms. The van der Waals surface area contributed by atoms with Crippen molar-refractivity contribution < 1.29 is 37.0 Å². The van der Waals surface area contributed by atoms with Gasteiger partial charge in [-0.05, 0) is 67.1 Å². The maximum atomic E-state index is 12.8. The van der Waals surface area contributed by atoms with Gasteiger partial charge in [0.05, 0.1) is 17.2 Å². The van der Waals surface area contributed by atoms with E-state index >= 15 is 0 Å². The van der Waals surface area contributed by atoms with Crippen LogP contribution in [0.15, 0.2) is 54.6 Å². The van der Waals surface area contributed by atoms with Crippen molar-refractivity contribution in [2.75, 3.05) is 13.2 Å². The molecule has 0 spiro atoms. The molecule has 0 fully saturated rings. The zero-order valence-corrected chi connectivity index (χ0v) is 19.0. The second-order valence-electron chi connectivity index (χ2n) is 7.20. The molecule has 1 unspecified atom stereocenters. The largest absolute Gasteiger partial charge is 0.481 e. The van der Waals surface area contributed by atoms with E-state index in [1.54, 1.807) is 43.3 Å². The quantitative estimate of drug-likeness (QED) is 0.403. The van der Waals surface area contributed by atoms with Crippen molar-refractivity contribution in [1.82, 2.24) is 5.32 Å². The maximum absolute atomic E-state index is 12.8. The van der Waals surface area contributed by atoms with Crippen LogP contribution < -0.4 is 14.8 Å². The zero-order chi connectivity index (χ0) is 24.9. The van der Waals surface area contributed by atoms with Crippen LogP contribution in [0.4, 0.5) is 13.2 Å². The van der Waals surface area contributed by atoms with E-state index in [1.807, 2.05) is 0 Å². The number of halogens is 4. The first-order valence-corrected chi connectivity index (χ1v) is 10.6. The molecule has 1 atom stereocenters. The minimum Gasteiger partial charge on any atom is -0.481 e. The van der Waals surface area contributed by atoms with E-state index in [4.69, 9.17) is 25.8 Å². The summed E-state index contributed by atoms with van der Waals surface area (Å²) in [5.74, 6) is -0.201. The van der Waals surface area contributed by atoms with Crippen LogP contribution in [0, 0.1) is 0 Å². The first-order chi connectivity index (χ1) is 16.1. The van der Waals surface area contributed by atoms with E-state index in [2.05, 4.69) is 5.32 Å². The number of fused-ring (bicyclic) bond motifs is 1. The van der Waals surface area contributed by atoms with Gasteiger partial charge in [-0.25, -0.2) is 0 Å². The Morgan fingerprint density at radius 1 is 1.00 bits per heavy atom. The third-order valence-corrected chi connectivity index (χ3v) is 4.96. The fourth-order valence-electron chi connectivity index (χ4n) is 3.00. The summed E-state index contributed by atoms with van der Waals surface area (Å²) in [6, 6.07) is 13.1. The molecule has 3 rings (SSSR count). The van der Waals surface area contributed by atoms with Gasteiger partial charge in [0.15, 0.2) is 6.10 Å². The molecule has 180 valence electrons. The van der Waals surface area contributed by atoms with Crippen LogP contribution in [0.2, 0.25) is 5.02 Å². The van der Waals surface area contributed by atoms with Crippen molar-refractivity contribution in [1.29, 1.82) is 0 Å². The number of rotatable bonds is 8. The highest BCUT2D eigenvalue weighted by molar-refractivity contribution is 6.32. The predicted molar refractivity (Wildman–Crippen MR) is 120 cm³/mol. The molecule has 0 aliphatic rings. The molecule has 0 radical (unpaired) electrons. The Balaban J connectivity index is 1.71. The van der Waals surface area contributed by atoms with Gasteiger partial charge in [0.1, 0.15) is 23.8 Å². The summed E-state index contributed by atoms with van der Waals surface area (Å²) in [4.78, 5) is 23.5. The molecule has 1 N–H and O–H groups in total. The van der Waals surface area contributed by atoms with Gasteiger partial charge in [-0.15, -0.1) is 0 Å². The Labute approximate surface area is 198 Å². The lowest BCUT2D eigenvalue weighted by Crippen LogP contribution is -2.39. The number of carbonyl (C=O) groups excluding carboxylic acids is 2. The van der Waals surface area contributed by atoms with Crippen molar-refractivity contribution in [2.24, 2.45) is 0 Å². The van der Waals surface area contributed by atoms with Gasteiger partial charge < -0.3 is 19.5 Å². The molecule has 0 heterocycles. The summed E-state index contributed by atoms with van der Waals surface area (Å²) < 4.78 is 54.6. The Morgan fingerprint density at radius 3 is 2.32 bits per heavy atom. The van der Waals surface area contributed by atoms with Crippen LogP contribution in [0.25, 0.3) is 10.8 Å². The summed E-state index contributed by atoms with van der Waals surface area (Å²) in [5, 5.41) is 3.82. The predicted octanol–water partition coefficient (Wildman–Crippen LogP) is 5.75. The molecule has 6 nitrogen and oxygen atoms in total. The molecule has 0 saturated heterocycles. The fourth-order valence-corrected chi connectivity index (χ4v) is 3.22. The highest BCUT2D eigenvalue weighted by Gasteiger charge is 2.31. The van der Waals surface area contributed by atoms with Crippen molar-refractivity contribution in [3.63, 3.8) is 0 Å². The highest BCUT2D eigenvalue weighted by atomic mass is 35.5. The van der Waals surface area contributed by atoms with Crippen molar-refractivity contribution >= 4 is 34.2 Å². The summed E-state index contributed by atoms with van der Waals surface area (Å²) in [7, 11) is 0. The number of nitrogens with one attached hydrogen (secondary N) is 1. The van der Waals surface area contributed by atoms with Gasteiger partial charge in [0.25, 0.3) is 5.91 Å². The molecule has 10 heteroatoms. The lowest BCUT2D eigenvalue weighted by molar-refractivity contribution is -0.144. The van der Waals surface area contributed by atoms with Crippen molar-refractivity contribution in [3.05, 3.63) is 65.2 Å². The number of benzene rings is 3. The Hall–Kier alpha value is -3.46. The average molecular weight is 496 g/mol. The van der Waals surface area contributed by atoms with Crippen molar-refractivity contribution in [3.8, 4) is 17.2 Å². The number of amides is 1. The minimum atomic E-state index is -4.51. The number of ether oxygens (including phenoxy) is 3. The molecule has 0 aromatic heterocycles. The molecular weight excluding hydrogens is 475 g/mol. The van der Waals surface area contributed by atoms with Crippen LogP contribution in [0.5, 0.6) is 17.2 Å². The van der Waals surface area contributed by atoms with E-state index < -0.39 is 29.7 Å². The third-order valence-electron chi connectivity index (χ3n) is 4.66. The van der Waals surface area contributed by atoms with Gasteiger partial charge in [-0.3, -0.25) is 9.59 Å². The zero-order valence-electron chi connectivity index (χ0n) is 18.2. The standard InChI is InChI=1S/C24H21ClF3NO5/c1-3-32-22(30)13-29-23(31)14(2)33-18-7-4-15-5-8-19(11-16(15)10-18)34-21-9-6-17(12-20(21)25)24(26,27)28/h4-12,14H,3,13H2,1-2H3,(H,29,31). The Morgan fingerprint density at radius 2 is 1.68 bits per heavy atom. The smallest absolute Gasteiger partial charge is 0.416 e. The second kappa shape index (κ2) is 10.6. The number of hydrogen-bond donors (Lipinski definition) is 1. The fraction of sp³-hybridized carbons (Fsp3) is 0.250. The molecule has 3 aromatic carbocycles. The highest BCUT2D eigenvalue weighted by Crippen LogP contribution is 2.37. The van der Waals surface area contributed by atoms with Gasteiger partial charge in [-0.2, -0.15) is 13.2 Å². The van der Waals surface area contributed by atoms with Gasteiger partial charge >= 0.3 is 12.1 Å². The van der Waals surface area contributed by atoms with Crippen LogP contribution >= 0.6 is 11.6 Å². The minimum absolute atomic E-state index is 0.0771. The van der Waals surface area contributed by atoms with Gasteiger partial charge in [-0.1, -0.05) is 23.7 Å². The van der Waals surface area contributed by atoms with E-state index in [-0.39, 0.29) is 23.9 Å². The summed E-state index contributed by atoms with van der Waals surface area (Å²) >= 11 is 5.97. The number of carbonyl (C=O) groups is 2. The van der Waals surface area contributed by atoms with E-state index in [9.17, 15) is 22.8 Å². The van der Waals surface area contributed by atoms with E-state index in [1.165, 1.54) is 6.92 Å². The van der Waals surface area contributed by atoms with Gasteiger partial charge in [0.2, 0.25) is 0 Å². The lowest BCUT2D eigenvalue weighted by Gasteiger charge is -2.15. The van der Waals surface area contributed by atoms with Crippen molar-refractivity contribution in [2.45, 2.75) is 26.1 Å². The van der Waals surface area contributed by atoms with E-state index in [0.29, 0.717) is 16.9 Å². The van der Waals surface area contributed by atoms with Crippen LogP contribution in [0.1, 0.15) is 19.4 Å². The molecular formula is C24H21ClF3NO5. The summed E-state index contributed by atoms with van der Waals surface area (Å²) in [6.45, 7) is 3.16. The maximum Gasteiger partial charge on any atom is 0.416 e. The molecule has 0 saturated carbocycles. The van der Waals surface area contributed by atoms with Crippen LogP contribution in [-0.4, -0.2) is 31.1 Å². The number of esters is 1. The lowest BCUT2D eigenvalue weighted by atomic mass is 10.1. The monoisotopic (exact) mass is 495 g/mol. The Bertz CT molecular complexity index is 1200. The molecule has 3 aromatic rings. The normalized spacial score (nSPS) is 12.2. The first kappa shape index (κ1) is 25.2. The average Bonchev–Trinajstić information content (AvgIpc) is 2.78. The number of alkyl halides is 3. The number of hydrogen-bond acceptors (Lipinski definition) is 5. The second-order valence-corrected chi connectivity index (χ2v) is 7.61. The molecule has 0 aliphatic heterocycles. The first-order valence-electron chi connectivity index (χ1n) is 10.2. The van der Waals surface area contributed by atoms with E-state index in [0.717, 1.165) is 23.6 Å². The summed E-state index contributed by atoms with van der Waals surface area (Å²) in [6.07, 6.45) is -5.38. The molecule has 1 amide bonds. The molecule has 0 aliphatic carbocycles. The van der Waals surface area contributed by atoms with Gasteiger partial charge in [0, 0.05) is 0 Å². The van der Waals surface area contributed by atoms with Crippen LogP contribution in [0.3, 0.4) is 0 Å². The third kappa shape index (κ3) is 6.54. The van der Waals surface area contributed by atoms with Crippen LogP contribution in [-0.2, 0) is 20.5 Å². The topological polar surface area (TPSA) is 73.9 Å².